The Hall–Kier alpha value is -1.96. The Bertz CT molecular complexity index is 453. The van der Waals surface area contributed by atoms with E-state index >= 15 is 0 Å². The van der Waals surface area contributed by atoms with Gasteiger partial charge in [-0.05, 0) is 6.42 Å². The molecule has 0 amide bonds. The minimum atomic E-state index is -0.485. The van der Waals surface area contributed by atoms with Gasteiger partial charge in [0.2, 0.25) is 11.8 Å². The van der Waals surface area contributed by atoms with Gasteiger partial charge in [0.1, 0.15) is 6.20 Å². The first-order valence-electron chi connectivity index (χ1n) is 5.70. The lowest BCUT2D eigenvalue weighted by atomic mass is 10.1. The van der Waals surface area contributed by atoms with E-state index in [0.717, 1.165) is 6.42 Å². The lowest BCUT2D eigenvalue weighted by Gasteiger charge is -2.17. The third-order valence-corrected chi connectivity index (χ3v) is 3.01. The first-order chi connectivity index (χ1) is 8.65. The van der Waals surface area contributed by atoms with E-state index in [9.17, 15) is 10.1 Å². The fourth-order valence-corrected chi connectivity index (χ4v) is 2.02. The van der Waals surface area contributed by atoms with Crippen LogP contribution in [0.3, 0.4) is 0 Å². The number of anilines is 2. The van der Waals surface area contributed by atoms with E-state index in [-0.39, 0.29) is 18.2 Å². The highest BCUT2D eigenvalue weighted by Gasteiger charge is 2.29. The summed E-state index contributed by atoms with van der Waals surface area (Å²) in [5.41, 5.74) is -0.104. The van der Waals surface area contributed by atoms with Crippen molar-refractivity contribution >= 4 is 17.5 Å². The molecule has 2 heterocycles. The van der Waals surface area contributed by atoms with Crippen LogP contribution in [0.25, 0.3) is 0 Å². The molecule has 1 unspecified atom stereocenters. The zero-order valence-corrected chi connectivity index (χ0v) is 10.0. The number of nitrogens with one attached hydrogen (secondary N) is 1. The Balaban J connectivity index is 2.32. The minimum Gasteiger partial charge on any atom is -0.396 e. The molecule has 0 radical (unpaired) electrons. The second-order valence-electron chi connectivity index (χ2n) is 4.19. The topological polar surface area (TPSA) is 104 Å². The minimum absolute atomic E-state index is 0.0915. The van der Waals surface area contributed by atoms with Gasteiger partial charge in [-0.15, -0.1) is 0 Å². The van der Waals surface area contributed by atoms with E-state index in [2.05, 4.69) is 15.3 Å². The predicted octanol–water partition coefficient (Wildman–Crippen LogP) is 0.245. The summed E-state index contributed by atoms with van der Waals surface area (Å²) in [6, 6.07) is 0. The molecule has 1 fully saturated rings. The highest BCUT2D eigenvalue weighted by atomic mass is 16.6. The van der Waals surface area contributed by atoms with Gasteiger partial charge in [0.05, 0.1) is 4.92 Å². The second kappa shape index (κ2) is 5.13. The van der Waals surface area contributed by atoms with Crippen LogP contribution in [0.5, 0.6) is 0 Å². The average molecular weight is 253 g/mol. The molecule has 8 heteroatoms. The third-order valence-electron chi connectivity index (χ3n) is 3.01. The van der Waals surface area contributed by atoms with Crippen molar-refractivity contribution in [3.63, 3.8) is 0 Å². The van der Waals surface area contributed by atoms with Crippen LogP contribution in [0.2, 0.25) is 0 Å². The Morgan fingerprint density at radius 3 is 3.06 bits per heavy atom. The maximum Gasteiger partial charge on any atom is 0.329 e. The fourth-order valence-electron chi connectivity index (χ4n) is 2.02. The first-order valence-corrected chi connectivity index (χ1v) is 5.70. The molecule has 1 aliphatic heterocycles. The summed E-state index contributed by atoms with van der Waals surface area (Å²) in [4.78, 5) is 20.3. The maximum atomic E-state index is 11.0. The molecule has 1 aliphatic rings. The molecule has 0 spiro atoms. The largest absolute Gasteiger partial charge is 0.396 e. The lowest BCUT2D eigenvalue weighted by Crippen LogP contribution is -2.23. The van der Waals surface area contributed by atoms with Crippen LogP contribution in [0, 0.1) is 16.0 Å². The molecule has 0 aromatic carbocycles. The van der Waals surface area contributed by atoms with Crippen LogP contribution in [0.15, 0.2) is 6.20 Å². The van der Waals surface area contributed by atoms with E-state index < -0.39 is 4.92 Å². The van der Waals surface area contributed by atoms with Gasteiger partial charge < -0.3 is 15.3 Å². The van der Waals surface area contributed by atoms with Crippen molar-refractivity contribution < 1.29 is 10.0 Å². The number of nitrogens with zero attached hydrogens (tertiary/aromatic N) is 4. The van der Waals surface area contributed by atoms with Gasteiger partial charge in [-0.25, -0.2) is 4.98 Å². The molecule has 1 saturated heterocycles. The van der Waals surface area contributed by atoms with Crippen LogP contribution < -0.4 is 10.2 Å². The monoisotopic (exact) mass is 253 g/mol. The number of aromatic nitrogens is 2. The molecule has 0 bridgehead atoms. The van der Waals surface area contributed by atoms with Crippen molar-refractivity contribution in [2.45, 2.75) is 6.42 Å². The van der Waals surface area contributed by atoms with Gasteiger partial charge in [0.25, 0.3) is 0 Å². The molecule has 0 saturated carbocycles. The SMILES string of the molecule is CNc1ncc([N+](=O)[O-])c(N2CCC(CO)C2)n1. The van der Waals surface area contributed by atoms with Crippen molar-refractivity contribution in [1.29, 1.82) is 0 Å². The van der Waals surface area contributed by atoms with Crippen LogP contribution in [0.1, 0.15) is 6.42 Å². The Morgan fingerprint density at radius 2 is 2.50 bits per heavy atom. The first kappa shape index (κ1) is 12.5. The van der Waals surface area contributed by atoms with Crippen molar-refractivity contribution in [3.8, 4) is 0 Å². The number of rotatable bonds is 4. The van der Waals surface area contributed by atoms with Crippen LogP contribution >= 0.6 is 0 Å². The van der Waals surface area contributed by atoms with E-state index in [0.29, 0.717) is 24.9 Å². The highest BCUT2D eigenvalue weighted by molar-refractivity contribution is 5.59. The predicted molar refractivity (Wildman–Crippen MR) is 65.6 cm³/mol. The molecular formula is C10H15N5O3. The Labute approximate surface area is 104 Å². The van der Waals surface area contributed by atoms with E-state index in [1.54, 1.807) is 7.05 Å². The Kier molecular flexibility index (Phi) is 3.56. The molecule has 98 valence electrons. The van der Waals surface area contributed by atoms with Crippen molar-refractivity contribution in [1.82, 2.24) is 9.97 Å². The van der Waals surface area contributed by atoms with Gasteiger partial charge in [-0.1, -0.05) is 0 Å². The summed E-state index contributed by atoms with van der Waals surface area (Å²) in [7, 11) is 1.66. The molecule has 1 aromatic heterocycles. The number of aliphatic hydroxyl groups excluding tert-OH is 1. The van der Waals surface area contributed by atoms with E-state index in [1.807, 2.05) is 4.90 Å². The van der Waals surface area contributed by atoms with Gasteiger partial charge in [0.15, 0.2) is 0 Å². The fraction of sp³-hybridized carbons (Fsp3) is 0.600. The molecule has 8 nitrogen and oxygen atoms in total. The lowest BCUT2D eigenvalue weighted by molar-refractivity contribution is -0.384. The average Bonchev–Trinajstić information content (AvgIpc) is 2.86. The van der Waals surface area contributed by atoms with Gasteiger partial charge >= 0.3 is 5.69 Å². The number of hydrogen-bond donors (Lipinski definition) is 2. The maximum absolute atomic E-state index is 11.0. The second-order valence-corrected chi connectivity index (χ2v) is 4.19. The summed E-state index contributed by atoms with van der Waals surface area (Å²) in [5, 5.41) is 22.8. The van der Waals surface area contributed by atoms with Crippen LogP contribution in [-0.2, 0) is 0 Å². The van der Waals surface area contributed by atoms with E-state index in [1.165, 1.54) is 6.20 Å². The molecule has 1 aromatic rings. The number of nitro groups is 1. The summed E-state index contributed by atoms with van der Waals surface area (Å²) >= 11 is 0. The zero-order valence-electron chi connectivity index (χ0n) is 10.0. The summed E-state index contributed by atoms with van der Waals surface area (Å²) in [5.74, 6) is 0.816. The van der Waals surface area contributed by atoms with Crippen molar-refractivity contribution in [2.24, 2.45) is 5.92 Å². The van der Waals surface area contributed by atoms with Crippen molar-refractivity contribution in [2.75, 3.05) is 37.0 Å². The smallest absolute Gasteiger partial charge is 0.329 e. The van der Waals surface area contributed by atoms with Crippen LogP contribution in [0.4, 0.5) is 17.5 Å². The normalized spacial score (nSPS) is 19.0. The standard InChI is InChI=1S/C10H15N5O3/c1-11-10-12-4-8(15(17)18)9(13-10)14-3-2-7(5-14)6-16/h4,7,16H,2-3,5-6H2,1H3,(H,11,12,13). The van der Waals surface area contributed by atoms with Crippen LogP contribution in [-0.4, -0.2) is 46.7 Å². The molecule has 0 aliphatic carbocycles. The van der Waals surface area contributed by atoms with Crippen molar-refractivity contribution in [3.05, 3.63) is 16.3 Å². The summed E-state index contributed by atoms with van der Waals surface area (Å²) in [6.45, 7) is 1.33. The van der Waals surface area contributed by atoms with Gasteiger partial charge in [-0.3, -0.25) is 10.1 Å². The quantitative estimate of drug-likeness (QED) is 0.585. The van der Waals surface area contributed by atoms with Gasteiger partial charge in [-0.2, -0.15) is 4.98 Å². The zero-order chi connectivity index (χ0) is 13.1. The molecule has 2 rings (SSSR count). The van der Waals surface area contributed by atoms with E-state index in [4.69, 9.17) is 5.11 Å². The molecule has 1 atom stereocenters. The van der Waals surface area contributed by atoms with Gasteiger partial charge in [0, 0.05) is 32.7 Å². The third kappa shape index (κ3) is 2.33. The Morgan fingerprint density at radius 1 is 1.72 bits per heavy atom. The molecule has 2 N–H and O–H groups in total. The molecule has 18 heavy (non-hydrogen) atoms. The molecular weight excluding hydrogens is 238 g/mol. The summed E-state index contributed by atoms with van der Waals surface area (Å²) < 4.78 is 0. The number of aliphatic hydroxyl groups is 1. The number of hydrogen-bond acceptors (Lipinski definition) is 7. The highest BCUT2D eigenvalue weighted by Crippen LogP contribution is 2.30. The summed E-state index contributed by atoms with van der Waals surface area (Å²) in [6.07, 6.45) is 2.02.